The van der Waals surface area contributed by atoms with Crippen molar-refractivity contribution in [2.75, 3.05) is 13.1 Å². The van der Waals surface area contributed by atoms with Gasteiger partial charge in [0.1, 0.15) is 17.8 Å². The highest BCUT2D eigenvalue weighted by atomic mass is 16.2. The van der Waals surface area contributed by atoms with Crippen molar-refractivity contribution in [2.24, 2.45) is 29.4 Å². The fraction of sp³-hybridized carbons (Fsp3) is 0.719. The first kappa shape index (κ1) is 35.7. The third kappa shape index (κ3) is 9.37. The molecule has 2 heterocycles. The van der Waals surface area contributed by atoms with Crippen LogP contribution in [0.3, 0.4) is 0 Å². The Balaban J connectivity index is 1.92. The molecule has 2 aliphatic heterocycles. The summed E-state index contributed by atoms with van der Waals surface area (Å²) in [5.41, 5.74) is 5.45. The van der Waals surface area contributed by atoms with Crippen LogP contribution in [0.5, 0.6) is 0 Å². The number of rotatable bonds is 13. The minimum Gasteiger partial charge on any atom is -0.394 e. The van der Waals surface area contributed by atoms with Gasteiger partial charge in [0.2, 0.25) is 23.5 Å². The van der Waals surface area contributed by atoms with Crippen molar-refractivity contribution in [2.45, 2.75) is 110 Å². The molecule has 5 amide bonds. The van der Waals surface area contributed by atoms with E-state index in [9.17, 15) is 33.6 Å². The van der Waals surface area contributed by atoms with E-state index in [1.807, 2.05) is 0 Å². The van der Waals surface area contributed by atoms with Crippen LogP contribution >= 0.6 is 0 Å². The van der Waals surface area contributed by atoms with Gasteiger partial charge in [-0.05, 0) is 57.8 Å². The number of Topliss-reactive ketones (excluding diaryl/α,β-unsaturated/α-hetero) is 1. The molecule has 6 N–H and O–H groups in total. The minimum atomic E-state index is -1.26. The predicted molar refractivity (Wildman–Crippen MR) is 166 cm³/mol. The average molecular weight is 631 g/mol. The predicted octanol–water partition coefficient (Wildman–Crippen LogP) is 0.461. The van der Waals surface area contributed by atoms with Gasteiger partial charge in [0.25, 0.3) is 11.8 Å². The third-order valence-corrected chi connectivity index (χ3v) is 9.05. The molecule has 0 bridgehead atoms. The van der Waals surface area contributed by atoms with E-state index < -0.39 is 59.2 Å². The minimum absolute atomic E-state index is 0.0386. The smallest absolute Gasteiger partial charge is 0.289 e. The van der Waals surface area contributed by atoms with Crippen LogP contribution in [0.1, 0.15) is 86.0 Å². The summed E-state index contributed by atoms with van der Waals surface area (Å²) in [5, 5.41) is 10.7. The van der Waals surface area contributed by atoms with Gasteiger partial charge in [-0.2, -0.15) is 0 Å². The zero-order valence-corrected chi connectivity index (χ0v) is 27.1. The van der Waals surface area contributed by atoms with Crippen molar-refractivity contribution in [1.29, 1.82) is 0 Å². The molecule has 0 aromatic heterocycles. The molecule has 5 atom stereocenters. The van der Waals surface area contributed by atoms with Crippen molar-refractivity contribution in [3.8, 4) is 0 Å². The summed E-state index contributed by atoms with van der Waals surface area (Å²) in [5.74, 6) is -5.06. The summed E-state index contributed by atoms with van der Waals surface area (Å²) in [4.78, 5) is 92.6. The molecular formula is C32H50N6O7. The first-order chi connectivity index (χ1) is 21.2. The molecule has 0 aromatic rings. The highest BCUT2D eigenvalue weighted by Gasteiger charge is 2.48. The fourth-order valence-corrected chi connectivity index (χ4v) is 6.79. The lowest BCUT2D eigenvalue weighted by Crippen LogP contribution is -2.59. The first-order valence-electron chi connectivity index (χ1n) is 16.2. The summed E-state index contributed by atoms with van der Waals surface area (Å²) < 4.78 is 0. The molecule has 1 aliphatic carbocycles. The lowest BCUT2D eigenvalue weighted by atomic mass is 9.76. The highest BCUT2D eigenvalue weighted by Crippen LogP contribution is 2.39. The lowest BCUT2D eigenvalue weighted by molar-refractivity contribution is -0.145. The summed E-state index contributed by atoms with van der Waals surface area (Å²) >= 11 is 0. The first-order valence-corrected chi connectivity index (χ1v) is 16.2. The summed E-state index contributed by atoms with van der Waals surface area (Å²) in [6, 6.07) is -3.54. The SMILES string of the molecule is CC(=O)/C=C(\N)C(=O)NC(C(=O)N1CCC(C2CCCCC2)[C@H]1C(=O)N[C@@H](C[C@@H]1CCNC1=O)C(=O)C(=O)NC(C)C)C(C)C. The van der Waals surface area contributed by atoms with E-state index >= 15 is 0 Å². The topological polar surface area (TPSA) is 197 Å². The number of carbonyl (C=O) groups is 7. The Morgan fingerprint density at radius 1 is 0.933 bits per heavy atom. The van der Waals surface area contributed by atoms with E-state index in [-0.39, 0.29) is 48.4 Å². The number of nitrogens with two attached hydrogens (primary N) is 1. The van der Waals surface area contributed by atoms with E-state index in [1.165, 1.54) is 11.8 Å². The lowest BCUT2D eigenvalue weighted by Gasteiger charge is -2.36. The number of amides is 5. The van der Waals surface area contributed by atoms with Crippen LogP contribution in [0.25, 0.3) is 0 Å². The maximum Gasteiger partial charge on any atom is 0.289 e. The molecule has 3 rings (SSSR count). The Morgan fingerprint density at radius 3 is 2.16 bits per heavy atom. The van der Waals surface area contributed by atoms with Gasteiger partial charge in [0, 0.05) is 31.1 Å². The molecule has 13 nitrogen and oxygen atoms in total. The van der Waals surface area contributed by atoms with Crippen LogP contribution in [0, 0.1) is 23.7 Å². The van der Waals surface area contributed by atoms with E-state index in [2.05, 4.69) is 21.3 Å². The van der Waals surface area contributed by atoms with Gasteiger partial charge in [-0.3, -0.25) is 33.6 Å². The summed E-state index contributed by atoms with van der Waals surface area (Å²) in [6.07, 6.45) is 6.94. The van der Waals surface area contributed by atoms with Crippen LogP contribution < -0.4 is 27.0 Å². The van der Waals surface area contributed by atoms with Crippen molar-refractivity contribution in [3.63, 3.8) is 0 Å². The second-order valence-electron chi connectivity index (χ2n) is 13.3. The van der Waals surface area contributed by atoms with Crippen LogP contribution in [-0.4, -0.2) is 83.3 Å². The number of nitrogens with one attached hydrogen (secondary N) is 4. The number of hydrogen-bond acceptors (Lipinski definition) is 8. The molecule has 45 heavy (non-hydrogen) atoms. The Hall–Kier alpha value is -3.77. The molecule has 0 spiro atoms. The van der Waals surface area contributed by atoms with Crippen molar-refractivity contribution in [1.82, 2.24) is 26.2 Å². The van der Waals surface area contributed by atoms with Crippen LogP contribution in [0.15, 0.2) is 11.8 Å². The Labute approximate surface area is 265 Å². The van der Waals surface area contributed by atoms with E-state index in [0.29, 0.717) is 19.4 Å². The van der Waals surface area contributed by atoms with Crippen LogP contribution in [-0.2, 0) is 33.6 Å². The summed E-state index contributed by atoms with van der Waals surface area (Å²) in [7, 11) is 0. The maximum absolute atomic E-state index is 14.2. The summed E-state index contributed by atoms with van der Waals surface area (Å²) in [6.45, 7) is 8.92. The fourth-order valence-electron chi connectivity index (χ4n) is 6.79. The number of ketones is 2. The molecule has 13 heteroatoms. The maximum atomic E-state index is 14.2. The Kier molecular flexibility index (Phi) is 12.7. The number of hydrogen-bond donors (Lipinski definition) is 5. The number of allylic oxidation sites excluding steroid dienone is 1. The van der Waals surface area contributed by atoms with Gasteiger partial charge in [0.15, 0.2) is 5.78 Å². The molecule has 3 fully saturated rings. The van der Waals surface area contributed by atoms with Crippen molar-refractivity contribution >= 4 is 41.1 Å². The molecule has 0 aromatic carbocycles. The Morgan fingerprint density at radius 2 is 1.60 bits per heavy atom. The van der Waals surface area contributed by atoms with Crippen molar-refractivity contribution < 1.29 is 33.6 Å². The zero-order valence-electron chi connectivity index (χ0n) is 27.1. The number of nitrogens with zero attached hydrogens (tertiary/aromatic N) is 1. The van der Waals surface area contributed by atoms with Gasteiger partial charge >= 0.3 is 0 Å². The third-order valence-electron chi connectivity index (χ3n) is 9.05. The molecule has 250 valence electrons. The van der Waals surface area contributed by atoms with Gasteiger partial charge in [0.05, 0.1) is 6.04 Å². The van der Waals surface area contributed by atoms with Crippen LogP contribution in [0.2, 0.25) is 0 Å². The molecule has 0 radical (unpaired) electrons. The van der Waals surface area contributed by atoms with Crippen LogP contribution in [0.4, 0.5) is 0 Å². The number of carbonyl (C=O) groups excluding carboxylic acids is 7. The van der Waals surface area contributed by atoms with E-state index in [4.69, 9.17) is 5.73 Å². The normalized spacial score (nSPS) is 23.8. The molecule has 1 saturated carbocycles. The molecular weight excluding hydrogens is 580 g/mol. The highest BCUT2D eigenvalue weighted by molar-refractivity contribution is 6.38. The van der Waals surface area contributed by atoms with Gasteiger partial charge in [-0.25, -0.2) is 0 Å². The second-order valence-corrected chi connectivity index (χ2v) is 13.3. The molecule has 2 saturated heterocycles. The quantitative estimate of drug-likeness (QED) is 0.143. The van der Waals surface area contributed by atoms with Gasteiger partial charge < -0.3 is 31.9 Å². The van der Waals surface area contributed by atoms with Gasteiger partial charge in [-0.1, -0.05) is 46.0 Å². The van der Waals surface area contributed by atoms with Crippen molar-refractivity contribution in [3.05, 3.63) is 11.8 Å². The standard InChI is InChI=1S/C32H50N6O7/c1-17(2)25(37-29(42)23(33)15-19(5)39)32(45)38-14-12-22(20-9-7-6-8-10-20)26(38)30(43)36-24(16-21-11-13-34-28(21)41)27(40)31(44)35-18(3)4/h15,17-18,20-22,24-26H,6-14,16,33H2,1-5H3,(H,34,41)(H,35,44)(H,36,43)(H,37,42)/b23-15-/t21-,22?,24-,25?,26-/m0/s1. The molecule has 2 unspecified atom stereocenters. The van der Waals surface area contributed by atoms with E-state index in [0.717, 1.165) is 38.2 Å². The average Bonchev–Trinajstić information content (AvgIpc) is 3.60. The van der Waals surface area contributed by atoms with Gasteiger partial charge in [-0.15, -0.1) is 0 Å². The largest absolute Gasteiger partial charge is 0.394 e. The number of likely N-dealkylation sites (tertiary alicyclic amines) is 1. The second kappa shape index (κ2) is 16.0. The van der Waals surface area contributed by atoms with E-state index in [1.54, 1.807) is 27.7 Å². The molecule has 3 aliphatic rings. The Bertz CT molecular complexity index is 1190. The monoisotopic (exact) mass is 630 g/mol. The zero-order chi connectivity index (χ0) is 33.4.